The molecule has 1 fully saturated rings. The van der Waals surface area contributed by atoms with Crippen molar-refractivity contribution in [2.24, 2.45) is 11.8 Å². The van der Waals surface area contributed by atoms with Crippen molar-refractivity contribution in [3.05, 3.63) is 0 Å². The van der Waals surface area contributed by atoms with E-state index in [0.717, 1.165) is 4.90 Å². The smallest absolute Gasteiger partial charge is 0.420 e. The Morgan fingerprint density at radius 3 is 1.81 bits per heavy atom. The number of esters is 1. The first-order valence-electron chi connectivity index (χ1n) is 13.1. The van der Waals surface area contributed by atoms with E-state index < -0.39 is 47.6 Å². The zero-order chi connectivity index (χ0) is 27.8. The summed E-state index contributed by atoms with van der Waals surface area (Å²) in [6.07, 6.45) is -2.09. The summed E-state index contributed by atoms with van der Waals surface area (Å²) >= 11 is 0. The van der Waals surface area contributed by atoms with Gasteiger partial charge in [0.25, 0.3) is 0 Å². The summed E-state index contributed by atoms with van der Waals surface area (Å²) in [6, 6.07) is -1.20. The Hall–Kier alpha value is -1.87. The minimum absolute atomic E-state index is 0.183. The molecule has 0 unspecified atom stereocenters. The molecule has 0 radical (unpaired) electrons. The van der Waals surface area contributed by atoms with Crippen LogP contribution in [0.2, 0.25) is 0 Å². The normalized spacial score (nSPS) is 24.0. The van der Waals surface area contributed by atoms with Gasteiger partial charge in [0.2, 0.25) is 0 Å². The van der Waals surface area contributed by atoms with Gasteiger partial charge in [-0.2, -0.15) is 4.90 Å². The zero-order valence-electron chi connectivity index (χ0n) is 24.2. The van der Waals surface area contributed by atoms with E-state index in [-0.39, 0.29) is 18.4 Å². The SMILES string of the molecule is CC(C)CO[C@H]1[C@H](C)OC(=O)[C@@H](N(C(=O)OC(C)(C)C)C(=O)OC(C)(C)C)CCC[C@@H]1OCC(C)C. The van der Waals surface area contributed by atoms with Crippen LogP contribution >= 0.6 is 0 Å². The highest BCUT2D eigenvalue weighted by atomic mass is 16.6. The van der Waals surface area contributed by atoms with Gasteiger partial charge in [0.05, 0.1) is 6.10 Å². The monoisotopic (exact) mass is 515 g/mol. The van der Waals surface area contributed by atoms with Crippen molar-refractivity contribution < 1.29 is 38.1 Å². The van der Waals surface area contributed by atoms with Crippen LogP contribution in [0.4, 0.5) is 9.59 Å². The Labute approximate surface area is 217 Å². The molecule has 1 saturated heterocycles. The Bertz CT molecular complexity index is 694. The molecule has 0 bridgehead atoms. The molecule has 1 aliphatic heterocycles. The molecule has 2 amide bonds. The van der Waals surface area contributed by atoms with Gasteiger partial charge in [-0.1, -0.05) is 27.7 Å². The average molecular weight is 516 g/mol. The van der Waals surface area contributed by atoms with Gasteiger partial charge in [0.1, 0.15) is 29.5 Å². The summed E-state index contributed by atoms with van der Waals surface area (Å²) < 4.78 is 29.1. The van der Waals surface area contributed by atoms with Crippen LogP contribution in [-0.2, 0) is 28.5 Å². The Morgan fingerprint density at radius 1 is 0.889 bits per heavy atom. The third-order valence-electron chi connectivity index (χ3n) is 5.13. The van der Waals surface area contributed by atoms with E-state index in [1.807, 2.05) is 13.8 Å². The second-order valence-corrected chi connectivity index (χ2v) is 12.4. The largest absolute Gasteiger partial charge is 0.458 e. The van der Waals surface area contributed by atoms with Gasteiger partial charge in [-0.15, -0.1) is 0 Å². The first kappa shape index (κ1) is 32.2. The van der Waals surface area contributed by atoms with Crippen molar-refractivity contribution in [2.45, 2.75) is 131 Å². The lowest BCUT2D eigenvalue weighted by Crippen LogP contribution is -2.53. The fourth-order valence-electron chi connectivity index (χ4n) is 3.65. The summed E-state index contributed by atoms with van der Waals surface area (Å²) in [6.45, 7) is 21.1. The van der Waals surface area contributed by atoms with Crippen molar-refractivity contribution >= 4 is 18.2 Å². The number of hydrogen-bond donors (Lipinski definition) is 0. The highest BCUT2D eigenvalue weighted by Gasteiger charge is 2.43. The molecule has 0 spiro atoms. The van der Waals surface area contributed by atoms with Crippen LogP contribution in [0.15, 0.2) is 0 Å². The summed E-state index contributed by atoms with van der Waals surface area (Å²) in [5.74, 6) is -0.0976. The predicted octanol–water partition coefficient (Wildman–Crippen LogP) is 5.73. The number of cyclic esters (lactones) is 1. The fraction of sp³-hybridized carbons (Fsp3) is 0.889. The van der Waals surface area contributed by atoms with Gasteiger partial charge in [-0.25, -0.2) is 14.4 Å². The maximum Gasteiger partial charge on any atom is 0.420 e. The molecule has 36 heavy (non-hydrogen) atoms. The molecule has 0 saturated carbocycles. The third kappa shape index (κ3) is 11.5. The molecule has 210 valence electrons. The molecule has 0 N–H and O–H groups in total. The summed E-state index contributed by atoms with van der Waals surface area (Å²) in [5, 5.41) is 0. The van der Waals surface area contributed by atoms with Crippen LogP contribution in [0, 0.1) is 11.8 Å². The topological polar surface area (TPSA) is 101 Å². The zero-order valence-corrected chi connectivity index (χ0v) is 24.2. The Kier molecular flexibility index (Phi) is 12.2. The van der Waals surface area contributed by atoms with Crippen LogP contribution in [-0.4, -0.2) is 71.8 Å². The number of rotatable bonds is 7. The van der Waals surface area contributed by atoms with E-state index in [0.29, 0.717) is 32.0 Å². The predicted molar refractivity (Wildman–Crippen MR) is 137 cm³/mol. The van der Waals surface area contributed by atoms with Crippen molar-refractivity contribution in [3.63, 3.8) is 0 Å². The van der Waals surface area contributed by atoms with Crippen LogP contribution < -0.4 is 0 Å². The molecule has 1 heterocycles. The first-order valence-corrected chi connectivity index (χ1v) is 13.1. The lowest BCUT2D eigenvalue weighted by Gasteiger charge is -2.33. The Morgan fingerprint density at radius 2 is 1.36 bits per heavy atom. The van der Waals surface area contributed by atoms with E-state index in [1.54, 1.807) is 48.5 Å². The molecular formula is C27H49NO8. The molecule has 0 aliphatic carbocycles. The molecule has 4 atom stereocenters. The minimum Gasteiger partial charge on any atom is -0.458 e. The van der Waals surface area contributed by atoms with Crippen molar-refractivity contribution in [1.82, 2.24) is 4.90 Å². The molecule has 9 heteroatoms. The summed E-state index contributed by atoms with van der Waals surface area (Å²) in [5.41, 5.74) is -1.75. The molecule has 0 aromatic rings. The quantitative estimate of drug-likeness (QED) is 0.313. The molecular weight excluding hydrogens is 466 g/mol. The number of amides is 2. The second kappa shape index (κ2) is 13.6. The van der Waals surface area contributed by atoms with Crippen molar-refractivity contribution in [1.29, 1.82) is 0 Å². The van der Waals surface area contributed by atoms with Gasteiger partial charge in [-0.05, 0) is 79.6 Å². The summed E-state index contributed by atoms with van der Waals surface area (Å²) in [7, 11) is 0. The van der Waals surface area contributed by atoms with Crippen molar-refractivity contribution in [3.8, 4) is 0 Å². The van der Waals surface area contributed by atoms with E-state index in [1.165, 1.54) is 0 Å². The number of hydrogen-bond acceptors (Lipinski definition) is 8. The van der Waals surface area contributed by atoms with Gasteiger partial charge >= 0.3 is 18.2 Å². The van der Waals surface area contributed by atoms with Crippen LogP contribution in [0.1, 0.15) is 95.4 Å². The lowest BCUT2D eigenvalue weighted by atomic mass is 10.0. The molecule has 9 nitrogen and oxygen atoms in total. The first-order chi connectivity index (χ1) is 16.4. The van der Waals surface area contributed by atoms with Gasteiger partial charge in [0.15, 0.2) is 0 Å². The Balaban J connectivity index is 3.31. The minimum atomic E-state index is -1.20. The number of carbonyl (C=O) groups excluding carboxylic acids is 3. The molecule has 0 aromatic carbocycles. The summed E-state index contributed by atoms with van der Waals surface area (Å²) in [4.78, 5) is 40.4. The van der Waals surface area contributed by atoms with Crippen LogP contribution in [0.3, 0.4) is 0 Å². The van der Waals surface area contributed by atoms with Crippen molar-refractivity contribution in [2.75, 3.05) is 13.2 Å². The van der Waals surface area contributed by atoms with E-state index >= 15 is 0 Å². The maximum atomic E-state index is 13.4. The number of ether oxygens (including phenoxy) is 5. The van der Waals surface area contributed by atoms with E-state index in [2.05, 4.69) is 13.8 Å². The molecule has 1 rings (SSSR count). The standard InChI is InChI=1S/C27H49NO8/c1-17(2)15-32-21-14-12-13-20(23(29)34-19(5)22(21)33-16-18(3)4)28(24(30)35-26(6,7)8)25(31)36-27(9,10)11/h17-22H,12-16H2,1-11H3/t19-,20-,21-,22-/m0/s1. The van der Waals surface area contributed by atoms with Crippen LogP contribution in [0.5, 0.6) is 0 Å². The highest BCUT2D eigenvalue weighted by molar-refractivity contribution is 5.94. The maximum absolute atomic E-state index is 13.4. The molecule has 1 aliphatic rings. The van der Waals surface area contributed by atoms with E-state index in [4.69, 9.17) is 23.7 Å². The van der Waals surface area contributed by atoms with Gasteiger partial charge in [0, 0.05) is 13.2 Å². The van der Waals surface area contributed by atoms with Crippen LogP contribution in [0.25, 0.3) is 0 Å². The third-order valence-corrected chi connectivity index (χ3v) is 5.13. The van der Waals surface area contributed by atoms with Gasteiger partial charge < -0.3 is 23.7 Å². The number of carbonyl (C=O) groups is 3. The highest BCUT2D eigenvalue weighted by Crippen LogP contribution is 2.26. The molecule has 0 aromatic heterocycles. The fourth-order valence-corrected chi connectivity index (χ4v) is 3.65. The van der Waals surface area contributed by atoms with Gasteiger partial charge in [-0.3, -0.25) is 0 Å². The number of imide groups is 1. The average Bonchev–Trinajstić information content (AvgIpc) is 2.71. The van der Waals surface area contributed by atoms with E-state index in [9.17, 15) is 14.4 Å². The number of nitrogens with zero attached hydrogens (tertiary/aromatic N) is 1. The second-order valence-electron chi connectivity index (χ2n) is 12.4. The lowest BCUT2D eigenvalue weighted by molar-refractivity contribution is -0.172.